The number of anilines is 1. The first-order valence-corrected chi connectivity index (χ1v) is 5.32. The number of nitrogens with one attached hydrogen (secondary N) is 2. The fourth-order valence-electron chi connectivity index (χ4n) is 1.16. The Labute approximate surface area is 99.8 Å². The van der Waals surface area contributed by atoms with Crippen LogP contribution in [0.15, 0.2) is 24.3 Å². The van der Waals surface area contributed by atoms with E-state index in [2.05, 4.69) is 10.6 Å². The van der Waals surface area contributed by atoms with Gasteiger partial charge in [-0.3, -0.25) is 9.59 Å². The Balaban J connectivity index is 2.54. The van der Waals surface area contributed by atoms with E-state index in [-0.39, 0.29) is 6.61 Å². The van der Waals surface area contributed by atoms with Gasteiger partial charge in [-0.05, 0) is 26.0 Å². The molecule has 0 aromatic heterocycles. The van der Waals surface area contributed by atoms with E-state index in [0.717, 1.165) is 5.56 Å². The molecule has 0 fully saturated rings. The Morgan fingerprint density at radius 3 is 2.35 bits per heavy atom. The molecule has 0 heterocycles. The van der Waals surface area contributed by atoms with Crippen LogP contribution in [0.2, 0.25) is 0 Å². The van der Waals surface area contributed by atoms with Crippen molar-refractivity contribution >= 4 is 17.5 Å². The quantitative estimate of drug-likeness (QED) is 0.666. The predicted octanol–water partition coefficient (Wildman–Crippen LogP) is 0.431. The van der Waals surface area contributed by atoms with Crippen LogP contribution in [0, 0.1) is 6.92 Å². The van der Waals surface area contributed by atoms with Gasteiger partial charge in [0.15, 0.2) is 0 Å². The average molecular weight is 236 g/mol. The molecule has 1 aromatic carbocycles. The number of carbonyl (C=O) groups excluding carboxylic acids is 2. The highest BCUT2D eigenvalue weighted by Gasteiger charge is 2.15. The Morgan fingerprint density at radius 2 is 1.82 bits per heavy atom. The summed E-state index contributed by atoms with van der Waals surface area (Å²) in [5, 5.41) is 13.6. The average Bonchev–Trinajstić information content (AvgIpc) is 2.31. The third-order valence-electron chi connectivity index (χ3n) is 2.17. The van der Waals surface area contributed by atoms with Gasteiger partial charge in [-0.25, -0.2) is 0 Å². The molecule has 1 unspecified atom stereocenters. The molecule has 2 amide bonds. The summed E-state index contributed by atoms with van der Waals surface area (Å²) in [6.07, 6.45) is 0. The third-order valence-corrected chi connectivity index (χ3v) is 2.17. The van der Waals surface area contributed by atoms with E-state index in [9.17, 15) is 9.59 Å². The predicted molar refractivity (Wildman–Crippen MR) is 64.5 cm³/mol. The summed E-state index contributed by atoms with van der Waals surface area (Å²) in [7, 11) is 0. The fourth-order valence-corrected chi connectivity index (χ4v) is 1.16. The Bertz CT molecular complexity index is 401. The maximum atomic E-state index is 11.4. The lowest BCUT2D eigenvalue weighted by Gasteiger charge is -2.10. The number of hydrogen-bond acceptors (Lipinski definition) is 3. The molecule has 92 valence electrons. The standard InChI is InChI=1S/C12H16N2O3/c1-8-3-5-10(6-4-8)14-12(17)11(16)13-9(2)7-15/h3-6,9,15H,7H2,1-2H3,(H,13,16)(H,14,17). The van der Waals surface area contributed by atoms with Crippen LogP contribution in [0.1, 0.15) is 12.5 Å². The van der Waals surface area contributed by atoms with Gasteiger partial charge in [-0.15, -0.1) is 0 Å². The van der Waals surface area contributed by atoms with E-state index < -0.39 is 17.9 Å². The van der Waals surface area contributed by atoms with Crippen molar-refractivity contribution in [3.05, 3.63) is 29.8 Å². The van der Waals surface area contributed by atoms with Crippen LogP contribution >= 0.6 is 0 Å². The minimum absolute atomic E-state index is 0.205. The molecule has 17 heavy (non-hydrogen) atoms. The largest absolute Gasteiger partial charge is 0.394 e. The van der Waals surface area contributed by atoms with Crippen LogP contribution in [0.4, 0.5) is 5.69 Å². The van der Waals surface area contributed by atoms with Gasteiger partial charge in [0.1, 0.15) is 0 Å². The smallest absolute Gasteiger partial charge is 0.313 e. The first kappa shape index (κ1) is 13.2. The van der Waals surface area contributed by atoms with E-state index >= 15 is 0 Å². The molecule has 1 atom stereocenters. The van der Waals surface area contributed by atoms with Crippen molar-refractivity contribution in [3.8, 4) is 0 Å². The Morgan fingerprint density at radius 1 is 1.24 bits per heavy atom. The highest BCUT2D eigenvalue weighted by Crippen LogP contribution is 2.08. The molecular weight excluding hydrogens is 220 g/mol. The van der Waals surface area contributed by atoms with E-state index in [4.69, 9.17) is 5.11 Å². The van der Waals surface area contributed by atoms with Gasteiger partial charge in [-0.1, -0.05) is 17.7 Å². The number of amides is 2. The normalized spacial score (nSPS) is 11.7. The zero-order valence-corrected chi connectivity index (χ0v) is 9.86. The fraction of sp³-hybridized carbons (Fsp3) is 0.333. The Hall–Kier alpha value is -1.88. The zero-order chi connectivity index (χ0) is 12.8. The lowest BCUT2D eigenvalue weighted by Crippen LogP contribution is -2.42. The lowest BCUT2D eigenvalue weighted by molar-refractivity contribution is -0.136. The van der Waals surface area contributed by atoms with Crippen LogP contribution in [-0.4, -0.2) is 29.6 Å². The summed E-state index contributed by atoms with van der Waals surface area (Å²) < 4.78 is 0. The molecule has 0 aliphatic carbocycles. The van der Waals surface area contributed by atoms with E-state index in [1.807, 2.05) is 19.1 Å². The molecule has 0 aliphatic rings. The van der Waals surface area contributed by atoms with Crippen molar-refractivity contribution in [1.29, 1.82) is 0 Å². The van der Waals surface area contributed by atoms with Crippen LogP contribution < -0.4 is 10.6 Å². The minimum Gasteiger partial charge on any atom is -0.394 e. The van der Waals surface area contributed by atoms with E-state index in [0.29, 0.717) is 5.69 Å². The van der Waals surface area contributed by atoms with Gasteiger partial charge in [0.05, 0.1) is 6.61 Å². The molecule has 0 saturated heterocycles. The topological polar surface area (TPSA) is 78.4 Å². The van der Waals surface area contributed by atoms with Gasteiger partial charge in [0.2, 0.25) is 0 Å². The minimum atomic E-state index is -0.757. The summed E-state index contributed by atoms with van der Waals surface area (Å²) in [5.74, 6) is -1.50. The first-order chi connectivity index (χ1) is 8.02. The molecule has 1 rings (SSSR count). The lowest BCUT2D eigenvalue weighted by atomic mass is 10.2. The van der Waals surface area contributed by atoms with Crippen molar-refractivity contribution < 1.29 is 14.7 Å². The number of hydrogen-bond donors (Lipinski definition) is 3. The molecule has 0 radical (unpaired) electrons. The first-order valence-electron chi connectivity index (χ1n) is 5.32. The van der Waals surface area contributed by atoms with Crippen molar-refractivity contribution in [1.82, 2.24) is 5.32 Å². The monoisotopic (exact) mass is 236 g/mol. The molecule has 5 heteroatoms. The second-order valence-corrected chi connectivity index (χ2v) is 3.88. The number of aliphatic hydroxyl groups excluding tert-OH is 1. The van der Waals surface area contributed by atoms with Gasteiger partial charge < -0.3 is 15.7 Å². The van der Waals surface area contributed by atoms with Gasteiger partial charge in [-0.2, -0.15) is 0 Å². The molecule has 0 saturated carbocycles. The summed E-state index contributed by atoms with van der Waals surface area (Å²) >= 11 is 0. The van der Waals surface area contributed by atoms with Crippen LogP contribution in [0.25, 0.3) is 0 Å². The number of benzene rings is 1. The van der Waals surface area contributed by atoms with Crippen LogP contribution in [-0.2, 0) is 9.59 Å². The molecule has 3 N–H and O–H groups in total. The van der Waals surface area contributed by atoms with Gasteiger partial charge in [0, 0.05) is 11.7 Å². The number of aliphatic hydroxyl groups is 1. The molecule has 1 aromatic rings. The second-order valence-electron chi connectivity index (χ2n) is 3.88. The molecular formula is C12H16N2O3. The number of carbonyl (C=O) groups is 2. The number of aryl methyl sites for hydroxylation is 1. The van der Waals surface area contributed by atoms with E-state index in [1.165, 1.54) is 0 Å². The van der Waals surface area contributed by atoms with Crippen molar-refractivity contribution in [2.75, 3.05) is 11.9 Å². The summed E-state index contributed by atoms with van der Waals surface area (Å²) in [5.41, 5.74) is 1.63. The van der Waals surface area contributed by atoms with Crippen LogP contribution in [0.5, 0.6) is 0 Å². The molecule has 5 nitrogen and oxygen atoms in total. The Kier molecular flexibility index (Phi) is 4.66. The van der Waals surface area contributed by atoms with Crippen molar-refractivity contribution in [2.24, 2.45) is 0 Å². The summed E-state index contributed by atoms with van der Waals surface area (Å²) in [6, 6.07) is 6.67. The molecule has 0 spiro atoms. The highest BCUT2D eigenvalue weighted by atomic mass is 16.3. The number of rotatable bonds is 3. The molecule has 0 aliphatic heterocycles. The maximum absolute atomic E-state index is 11.4. The van der Waals surface area contributed by atoms with Crippen molar-refractivity contribution in [3.63, 3.8) is 0 Å². The van der Waals surface area contributed by atoms with Gasteiger partial charge >= 0.3 is 11.8 Å². The highest BCUT2D eigenvalue weighted by molar-refractivity contribution is 6.39. The van der Waals surface area contributed by atoms with Crippen LogP contribution in [0.3, 0.4) is 0 Å². The molecule has 0 bridgehead atoms. The SMILES string of the molecule is Cc1ccc(NC(=O)C(=O)NC(C)CO)cc1. The summed E-state index contributed by atoms with van der Waals surface area (Å²) in [6.45, 7) is 3.34. The maximum Gasteiger partial charge on any atom is 0.313 e. The van der Waals surface area contributed by atoms with Crippen molar-refractivity contribution in [2.45, 2.75) is 19.9 Å². The zero-order valence-electron chi connectivity index (χ0n) is 9.86. The second kappa shape index (κ2) is 6.00. The summed E-state index contributed by atoms with van der Waals surface area (Å²) in [4.78, 5) is 22.8. The van der Waals surface area contributed by atoms with E-state index in [1.54, 1.807) is 19.1 Å². The third kappa shape index (κ3) is 4.24. The van der Waals surface area contributed by atoms with Gasteiger partial charge in [0.25, 0.3) is 0 Å².